The molecule has 3 rings (SSSR count). The minimum absolute atomic E-state index is 0.0212. The van der Waals surface area contributed by atoms with Crippen molar-refractivity contribution in [2.75, 3.05) is 6.61 Å². The molecule has 0 fully saturated rings. The first-order chi connectivity index (χ1) is 14.1. The predicted octanol–water partition coefficient (Wildman–Crippen LogP) is 2.70. The summed E-state index contributed by atoms with van der Waals surface area (Å²) in [7, 11) is 12.2. The molecule has 0 amide bonds. The van der Waals surface area contributed by atoms with Gasteiger partial charge in [0, 0.05) is 0 Å². The summed E-state index contributed by atoms with van der Waals surface area (Å²) in [6, 6.07) is 10.2. The molecule has 3 atom stereocenters. The lowest BCUT2D eigenvalue weighted by atomic mass is 9.91. The molecule has 0 N–H and O–H groups in total. The van der Waals surface area contributed by atoms with Gasteiger partial charge in [0.2, 0.25) is 16.6 Å². The lowest BCUT2D eigenvalue weighted by Crippen LogP contribution is -2.25. The van der Waals surface area contributed by atoms with Gasteiger partial charge in [-0.15, -0.1) is 0 Å². The van der Waals surface area contributed by atoms with E-state index in [1.165, 1.54) is 47.1 Å². The third-order valence-electron chi connectivity index (χ3n) is 4.07. The summed E-state index contributed by atoms with van der Waals surface area (Å²) in [5.74, 6) is -0.824. The van der Waals surface area contributed by atoms with Crippen molar-refractivity contribution < 1.29 is 23.0 Å². The Kier molecular flexibility index (Phi) is 6.27. The van der Waals surface area contributed by atoms with Crippen LogP contribution >= 0.6 is 9.24 Å². The summed E-state index contributed by atoms with van der Waals surface area (Å²) in [5.41, 5.74) is -3.26. The number of nitrogens with zero attached hydrogens (tertiary/aromatic N) is 2. The largest absolute Gasteiger partial charge is 0.465 e. The number of hydrogen-bond acceptors (Lipinski definition) is 5. The van der Waals surface area contributed by atoms with Crippen LogP contribution in [0.5, 0.6) is 5.75 Å². The fourth-order valence-corrected chi connectivity index (χ4v) is 3.03. The molecule has 30 heavy (non-hydrogen) atoms. The summed E-state index contributed by atoms with van der Waals surface area (Å²) >= 11 is 0. The summed E-state index contributed by atoms with van der Waals surface area (Å²) in [4.78, 5) is 25.2. The van der Waals surface area contributed by atoms with E-state index < -0.39 is 28.7 Å². The highest BCUT2D eigenvalue weighted by Crippen LogP contribution is 2.27. The van der Waals surface area contributed by atoms with Gasteiger partial charge in [-0.3, -0.25) is 9.18 Å². The van der Waals surface area contributed by atoms with Gasteiger partial charge in [-0.05, 0) is 42.8 Å². The van der Waals surface area contributed by atoms with Crippen molar-refractivity contribution in [2.45, 2.75) is 18.5 Å². The number of rotatable bonds is 6. The summed E-state index contributed by atoms with van der Waals surface area (Å²) < 4.78 is 38.5. The standard InChI is InChI=1S/C19H15B2F2N2O4P/c1-2-28-18(27)15-16(26)14-12(17(20)22)4-3-5-13(14)25(24-15)10-6-8-11(9-7-10)29-19(21,23)30/h3-9,17H,2,30H2,1H3. The molecule has 1 heterocycles. The number of benzene rings is 2. The van der Waals surface area contributed by atoms with E-state index in [1.807, 2.05) is 0 Å². The molecule has 0 spiro atoms. The van der Waals surface area contributed by atoms with E-state index in [1.54, 1.807) is 16.2 Å². The summed E-state index contributed by atoms with van der Waals surface area (Å²) in [6.07, 6.45) is -1.95. The minimum Gasteiger partial charge on any atom is -0.465 e. The van der Waals surface area contributed by atoms with Crippen LogP contribution in [-0.4, -0.2) is 43.5 Å². The average Bonchev–Trinajstić information content (AvgIpc) is 2.67. The third-order valence-corrected chi connectivity index (χ3v) is 4.18. The van der Waals surface area contributed by atoms with Gasteiger partial charge in [0.1, 0.15) is 13.6 Å². The molecule has 0 bridgehead atoms. The zero-order valence-electron chi connectivity index (χ0n) is 15.8. The van der Waals surface area contributed by atoms with Crippen molar-refractivity contribution in [1.82, 2.24) is 9.78 Å². The highest BCUT2D eigenvalue weighted by Gasteiger charge is 2.23. The Hall–Kier alpha value is -2.73. The van der Waals surface area contributed by atoms with Crippen LogP contribution in [-0.2, 0) is 4.74 Å². The summed E-state index contributed by atoms with van der Waals surface area (Å²) in [5, 5.41) is 4.02. The first kappa shape index (κ1) is 22.0. The van der Waals surface area contributed by atoms with Gasteiger partial charge in [-0.2, -0.15) is 5.10 Å². The minimum atomic E-state index is -2.45. The molecule has 11 heteroatoms. The smallest absolute Gasteiger partial charge is 0.362 e. The zero-order chi connectivity index (χ0) is 22.1. The quantitative estimate of drug-likeness (QED) is 0.345. The number of esters is 1. The molecule has 3 aromatic rings. The third kappa shape index (κ3) is 4.54. The van der Waals surface area contributed by atoms with E-state index in [0.29, 0.717) is 5.69 Å². The Morgan fingerprint density at radius 3 is 2.53 bits per heavy atom. The lowest BCUT2D eigenvalue weighted by molar-refractivity contribution is 0.0516. The van der Waals surface area contributed by atoms with Crippen molar-refractivity contribution >= 4 is 41.8 Å². The number of ether oxygens (including phenoxy) is 2. The number of aromatic nitrogens is 2. The van der Waals surface area contributed by atoms with Crippen LogP contribution < -0.4 is 10.2 Å². The molecule has 2 aromatic carbocycles. The van der Waals surface area contributed by atoms with Crippen LogP contribution in [0.2, 0.25) is 0 Å². The van der Waals surface area contributed by atoms with Crippen LogP contribution in [0.4, 0.5) is 8.78 Å². The van der Waals surface area contributed by atoms with Crippen LogP contribution in [0.1, 0.15) is 29.0 Å². The number of carbonyl (C=O) groups excluding carboxylic acids is 1. The van der Waals surface area contributed by atoms with Crippen LogP contribution in [0.15, 0.2) is 47.3 Å². The van der Waals surface area contributed by atoms with E-state index in [-0.39, 0.29) is 28.8 Å². The van der Waals surface area contributed by atoms with Crippen molar-refractivity contribution in [3.63, 3.8) is 0 Å². The molecule has 0 aliphatic heterocycles. The fourth-order valence-electron chi connectivity index (χ4n) is 2.89. The van der Waals surface area contributed by atoms with Crippen molar-refractivity contribution in [3.05, 3.63) is 63.9 Å². The maximum Gasteiger partial charge on any atom is 0.362 e. The number of fused-ring (bicyclic) bond motifs is 1. The molecule has 3 unspecified atom stereocenters. The average molecular weight is 426 g/mol. The van der Waals surface area contributed by atoms with E-state index >= 15 is 0 Å². The molecule has 1 aromatic heterocycles. The highest BCUT2D eigenvalue weighted by atomic mass is 31.0. The predicted molar refractivity (Wildman–Crippen MR) is 113 cm³/mol. The lowest BCUT2D eigenvalue weighted by Gasteiger charge is -2.18. The maximum atomic E-state index is 14.0. The first-order valence-corrected chi connectivity index (χ1v) is 9.39. The van der Waals surface area contributed by atoms with E-state index in [9.17, 15) is 18.4 Å². The Bertz CT molecular complexity index is 1150. The summed E-state index contributed by atoms with van der Waals surface area (Å²) in [6.45, 7) is 1.60. The van der Waals surface area contributed by atoms with Gasteiger partial charge >= 0.3 is 5.97 Å². The molecule has 0 saturated heterocycles. The SMILES string of the molecule is [B]C(F)c1cccc2c1c(=O)c(C(=O)OCC)nn2-c1ccc(OC([B])(F)P)cc1. The Morgan fingerprint density at radius 1 is 1.30 bits per heavy atom. The van der Waals surface area contributed by atoms with E-state index in [2.05, 4.69) is 5.10 Å². The van der Waals surface area contributed by atoms with Crippen LogP contribution in [0, 0.1) is 0 Å². The second-order valence-corrected chi connectivity index (χ2v) is 7.03. The van der Waals surface area contributed by atoms with Crippen molar-refractivity contribution in [3.8, 4) is 11.4 Å². The van der Waals surface area contributed by atoms with Crippen molar-refractivity contribution in [1.29, 1.82) is 0 Å². The number of hydrogen-bond donors (Lipinski definition) is 0. The van der Waals surface area contributed by atoms with Crippen LogP contribution in [0.3, 0.4) is 0 Å². The molecule has 6 nitrogen and oxygen atoms in total. The molecule has 150 valence electrons. The Labute approximate surface area is 175 Å². The molecule has 0 saturated carbocycles. The number of alkyl halides is 2. The molecular formula is C19H15B2F2N2O4P. The fraction of sp³-hybridized carbons (Fsp3) is 0.211. The molecular weight excluding hydrogens is 411 g/mol. The highest BCUT2D eigenvalue weighted by molar-refractivity contribution is 7.21. The zero-order valence-corrected chi connectivity index (χ0v) is 17.0. The van der Waals surface area contributed by atoms with Gasteiger partial charge in [0.25, 0.3) is 0 Å². The second-order valence-electron chi connectivity index (χ2n) is 6.25. The van der Waals surface area contributed by atoms with E-state index in [4.69, 9.17) is 25.2 Å². The number of carbonyl (C=O) groups is 1. The maximum absolute atomic E-state index is 14.0. The van der Waals surface area contributed by atoms with Crippen molar-refractivity contribution in [2.24, 2.45) is 0 Å². The molecule has 0 aliphatic carbocycles. The first-order valence-electron chi connectivity index (χ1n) is 8.81. The van der Waals surface area contributed by atoms with Gasteiger partial charge in [0.05, 0.1) is 29.3 Å². The number of halogens is 2. The topological polar surface area (TPSA) is 70.4 Å². The van der Waals surface area contributed by atoms with Gasteiger partial charge in [-0.25, -0.2) is 13.9 Å². The normalized spacial score (nSPS) is 14.1. The Morgan fingerprint density at radius 2 is 1.97 bits per heavy atom. The van der Waals surface area contributed by atoms with Crippen LogP contribution in [0.25, 0.3) is 16.6 Å². The Balaban J connectivity index is 2.26. The van der Waals surface area contributed by atoms with Gasteiger partial charge < -0.3 is 9.47 Å². The van der Waals surface area contributed by atoms with E-state index in [0.717, 1.165) is 0 Å². The monoisotopic (exact) mass is 426 g/mol. The second kappa shape index (κ2) is 8.56. The van der Waals surface area contributed by atoms with Gasteiger partial charge in [0.15, 0.2) is 7.85 Å². The molecule has 4 radical (unpaired) electrons. The van der Waals surface area contributed by atoms with Gasteiger partial charge in [-0.1, -0.05) is 21.4 Å². The molecule has 0 aliphatic rings.